The Kier molecular flexibility index (Phi) is 10.1. The van der Waals surface area contributed by atoms with Gasteiger partial charge in [-0.25, -0.2) is 0 Å². The molecule has 0 saturated heterocycles. The molecule has 0 aliphatic rings. The van der Waals surface area contributed by atoms with Crippen LogP contribution in [0.25, 0.3) is 5.32 Å². The molecule has 92 valence electrons. The Morgan fingerprint density at radius 2 is 1.06 bits per heavy atom. The molecule has 0 N–H and O–H groups in total. The van der Waals surface area contributed by atoms with Crippen molar-refractivity contribution in [1.82, 2.24) is 0 Å². The van der Waals surface area contributed by atoms with Crippen LogP contribution in [0.1, 0.15) is 41.5 Å². The molecule has 0 bridgehead atoms. The quantitative estimate of drug-likeness (QED) is 0.469. The molecule has 0 aromatic carbocycles. The molecule has 0 aromatic heterocycles. The molecule has 0 aliphatic carbocycles. The van der Waals surface area contributed by atoms with Gasteiger partial charge in [0.2, 0.25) is 0 Å². The van der Waals surface area contributed by atoms with E-state index < -0.39 is 0 Å². The molecule has 0 amide bonds. The SMILES string of the molecule is CC(C)(C)OCC[N-]CCOC(C)(C)C.[Li+]. The fourth-order valence-electron chi connectivity index (χ4n) is 0.945. The maximum atomic E-state index is 5.54. The van der Waals surface area contributed by atoms with Crippen LogP contribution in [-0.2, 0) is 9.47 Å². The van der Waals surface area contributed by atoms with Crippen molar-refractivity contribution in [3.63, 3.8) is 0 Å². The maximum Gasteiger partial charge on any atom is 1.00 e. The van der Waals surface area contributed by atoms with E-state index in [9.17, 15) is 0 Å². The number of hydrogen-bond donors (Lipinski definition) is 0. The summed E-state index contributed by atoms with van der Waals surface area (Å²) in [5.74, 6) is 0. The molecular weight excluding hydrogens is 197 g/mol. The van der Waals surface area contributed by atoms with Gasteiger partial charge in [0.05, 0.1) is 11.2 Å². The predicted octanol–water partition coefficient (Wildman–Crippen LogP) is -0.00570. The molecule has 0 aromatic rings. The minimum Gasteiger partial charge on any atom is -0.659 e. The van der Waals surface area contributed by atoms with Crippen molar-refractivity contribution in [2.75, 3.05) is 26.3 Å². The largest absolute Gasteiger partial charge is 1.00 e. The first kappa shape index (κ1) is 18.8. The third-order valence-electron chi connectivity index (χ3n) is 1.57. The van der Waals surface area contributed by atoms with Crippen LogP contribution < -0.4 is 18.9 Å². The first-order valence-electron chi connectivity index (χ1n) is 5.62. The molecule has 3 nitrogen and oxygen atoms in total. The third kappa shape index (κ3) is 16.9. The number of rotatable bonds is 6. The van der Waals surface area contributed by atoms with Gasteiger partial charge in [0.15, 0.2) is 0 Å². The van der Waals surface area contributed by atoms with Crippen molar-refractivity contribution in [3.8, 4) is 0 Å². The van der Waals surface area contributed by atoms with E-state index in [4.69, 9.17) is 9.47 Å². The standard InChI is InChI=1S/C12H26NO2.Li/c1-11(2,3)14-9-7-13-8-10-15-12(4,5)6;/h7-10H2,1-6H3;/q-1;+1. The number of nitrogens with zero attached hydrogens (tertiary/aromatic N) is 1. The van der Waals surface area contributed by atoms with Gasteiger partial charge in [-0.3, -0.25) is 0 Å². The van der Waals surface area contributed by atoms with Gasteiger partial charge in [0.1, 0.15) is 0 Å². The summed E-state index contributed by atoms with van der Waals surface area (Å²) >= 11 is 0. The predicted molar refractivity (Wildman–Crippen MR) is 64.5 cm³/mol. The Morgan fingerprint density at radius 3 is 1.31 bits per heavy atom. The molecule has 0 rings (SSSR count). The van der Waals surface area contributed by atoms with Crippen molar-refractivity contribution >= 4 is 0 Å². The second kappa shape index (κ2) is 8.55. The Balaban J connectivity index is 0. The van der Waals surface area contributed by atoms with E-state index in [1.54, 1.807) is 0 Å². The smallest absolute Gasteiger partial charge is 0.659 e. The van der Waals surface area contributed by atoms with Crippen LogP contribution in [0.5, 0.6) is 0 Å². The van der Waals surface area contributed by atoms with Crippen LogP contribution in [0.15, 0.2) is 0 Å². The summed E-state index contributed by atoms with van der Waals surface area (Å²) in [4.78, 5) is 0. The van der Waals surface area contributed by atoms with Crippen molar-refractivity contribution in [1.29, 1.82) is 0 Å². The van der Waals surface area contributed by atoms with Crippen molar-refractivity contribution in [3.05, 3.63) is 5.32 Å². The molecule has 0 saturated carbocycles. The second-order valence-electron chi connectivity index (χ2n) is 5.59. The van der Waals surface area contributed by atoms with Gasteiger partial charge in [0, 0.05) is 13.2 Å². The summed E-state index contributed by atoms with van der Waals surface area (Å²) in [6, 6.07) is 0. The molecule has 16 heavy (non-hydrogen) atoms. The molecule has 0 radical (unpaired) electrons. The average molecular weight is 223 g/mol. The minimum absolute atomic E-state index is 0. The van der Waals surface area contributed by atoms with Gasteiger partial charge in [-0.15, -0.1) is 13.1 Å². The molecular formula is C12H26LiNO2. The topological polar surface area (TPSA) is 32.6 Å². The van der Waals surface area contributed by atoms with Crippen LogP contribution >= 0.6 is 0 Å². The minimum atomic E-state index is -0.0581. The van der Waals surface area contributed by atoms with E-state index in [1.165, 1.54) is 0 Å². The van der Waals surface area contributed by atoms with Gasteiger partial charge in [-0.05, 0) is 41.5 Å². The van der Waals surface area contributed by atoms with E-state index in [2.05, 4.69) is 46.9 Å². The van der Waals surface area contributed by atoms with Crippen LogP contribution in [-0.4, -0.2) is 37.5 Å². The van der Waals surface area contributed by atoms with Gasteiger partial charge < -0.3 is 14.8 Å². The Bertz CT molecular complexity index is 143. The molecule has 0 spiro atoms. The van der Waals surface area contributed by atoms with Crippen molar-refractivity contribution < 1.29 is 28.3 Å². The summed E-state index contributed by atoms with van der Waals surface area (Å²) in [5.41, 5.74) is -0.116. The van der Waals surface area contributed by atoms with Gasteiger partial charge >= 0.3 is 18.9 Å². The normalized spacial score (nSPS) is 12.4. The second-order valence-corrected chi connectivity index (χ2v) is 5.59. The maximum absolute atomic E-state index is 5.54. The first-order chi connectivity index (χ1) is 6.71. The van der Waals surface area contributed by atoms with E-state index >= 15 is 0 Å². The molecule has 0 unspecified atom stereocenters. The van der Waals surface area contributed by atoms with Crippen LogP contribution in [0.4, 0.5) is 0 Å². The average Bonchev–Trinajstić information content (AvgIpc) is 1.98. The molecule has 0 fully saturated rings. The van der Waals surface area contributed by atoms with E-state index in [-0.39, 0.29) is 30.1 Å². The monoisotopic (exact) mass is 223 g/mol. The zero-order valence-electron chi connectivity index (χ0n) is 12.1. The van der Waals surface area contributed by atoms with Crippen molar-refractivity contribution in [2.24, 2.45) is 0 Å². The van der Waals surface area contributed by atoms with Gasteiger partial charge in [-0.1, -0.05) is 0 Å². The summed E-state index contributed by atoms with van der Waals surface area (Å²) in [5, 5.41) is 4.33. The zero-order chi connectivity index (χ0) is 11.9. The Labute approximate surface area is 113 Å². The molecule has 0 aliphatic heterocycles. The summed E-state index contributed by atoms with van der Waals surface area (Å²) < 4.78 is 11.1. The summed E-state index contributed by atoms with van der Waals surface area (Å²) in [6.07, 6.45) is 0. The van der Waals surface area contributed by atoms with Crippen LogP contribution in [0, 0.1) is 0 Å². The zero-order valence-corrected chi connectivity index (χ0v) is 12.1. The van der Waals surface area contributed by atoms with Gasteiger partial charge in [-0.2, -0.15) is 0 Å². The molecule has 4 heteroatoms. The van der Waals surface area contributed by atoms with Crippen LogP contribution in [0.3, 0.4) is 0 Å². The Morgan fingerprint density at radius 1 is 0.750 bits per heavy atom. The molecule has 0 atom stereocenters. The fourth-order valence-corrected chi connectivity index (χ4v) is 0.945. The van der Waals surface area contributed by atoms with Crippen molar-refractivity contribution in [2.45, 2.75) is 52.7 Å². The third-order valence-corrected chi connectivity index (χ3v) is 1.57. The summed E-state index contributed by atoms with van der Waals surface area (Å²) in [6.45, 7) is 15.2. The Hall–Kier alpha value is 0.477. The number of hydrogen-bond acceptors (Lipinski definition) is 2. The van der Waals surface area contributed by atoms with E-state index in [0.717, 1.165) is 13.1 Å². The van der Waals surface area contributed by atoms with E-state index in [1.807, 2.05) is 0 Å². The molecule has 0 heterocycles. The fraction of sp³-hybridized carbons (Fsp3) is 1.00. The number of ether oxygens (including phenoxy) is 2. The van der Waals surface area contributed by atoms with Crippen LogP contribution in [0.2, 0.25) is 0 Å². The van der Waals surface area contributed by atoms with Gasteiger partial charge in [0.25, 0.3) is 0 Å². The van der Waals surface area contributed by atoms with E-state index in [0.29, 0.717) is 13.2 Å². The first-order valence-corrected chi connectivity index (χ1v) is 5.62. The summed E-state index contributed by atoms with van der Waals surface area (Å²) in [7, 11) is 0.